The van der Waals surface area contributed by atoms with Crippen molar-refractivity contribution in [2.24, 2.45) is 0 Å². The summed E-state index contributed by atoms with van der Waals surface area (Å²) in [7, 11) is -4.31. The molecule has 0 saturated heterocycles. The standard InChI is InChI=1S/C8H8O3S.C2H6.Na/c1-2-7-3-5-8(6-4-7)12(9,10)11;1-2;/h2-6H,1H2,(H,9,10,11);1-2H3;/q;;+1/p-1. The average molecular weight is 236 g/mol. The number of rotatable bonds is 2. The van der Waals surface area contributed by atoms with Gasteiger partial charge >= 0.3 is 29.6 Å². The molecular formula is C10H13NaO3S. The molecule has 1 aromatic carbocycles. The van der Waals surface area contributed by atoms with Crippen LogP contribution < -0.4 is 29.6 Å². The van der Waals surface area contributed by atoms with Gasteiger partial charge in [0.25, 0.3) is 0 Å². The molecule has 0 atom stereocenters. The van der Waals surface area contributed by atoms with Crippen LogP contribution in [0.25, 0.3) is 6.08 Å². The third-order valence-electron chi connectivity index (χ3n) is 1.40. The van der Waals surface area contributed by atoms with Crippen LogP contribution in [0.5, 0.6) is 0 Å². The normalized spacial score (nSPS) is 9.27. The summed E-state index contributed by atoms with van der Waals surface area (Å²) in [5.74, 6) is 0. The van der Waals surface area contributed by atoms with Gasteiger partial charge in [0.05, 0.1) is 4.90 Å². The molecule has 0 spiro atoms. The molecule has 15 heavy (non-hydrogen) atoms. The van der Waals surface area contributed by atoms with Gasteiger partial charge in [0.2, 0.25) is 0 Å². The van der Waals surface area contributed by atoms with Gasteiger partial charge in [-0.1, -0.05) is 38.6 Å². The second-order valence-electron chi connectivity index (χ2n) is 2.23. The molecule has 0 aromatic heterocycles. The van der Waals surface area contributed by atoms with E-state index >= 15 is 0 Å². The van der Waals surface area contributed by atoms with Crippen molar-refractivity contribution in [2.75, 3.05) is 0 Å². The Balaban J connectivity index is 0. The Morgan fingerprint density at radius 2 is 1.60 bits per heavy atom. The third-order valence-corrected chi connectivity index (χ3v) is 2.25. The molecule has 0 bridgehead atoms. The van der Waals surface area contributed by atoms with Gasteiger partial charge in [-0.15, -0.1) is 0 Å². The molecule has 3 nitrogen and oxygen atoms in total. The van der Waals surface area contributed by atoms with Crippen molar-refractivity contribution in [1.29, 1.82) is 0 Å². The number of hydrogen-bond acceptors (Lipinski definition) is 3. The van der Waals surface area contributed by atoms with Crippen LogP contribution in [0.3, 0.4) is 0 Å². The van der Waals surface area contributed by atoms with E-state index in [0.29, 0.717) is 0 Å². The first-order chi connectivity index (χ1) is 6.54. The SMILES string of the molecule is C=Cc1ccc(S(=O)(=O)[O-])cc1.CC.[Na+]. The summed E-state index contributed by atoms with van der Waals surface area (Å²) in [6.07, 6.45) is 1.57. The smallest absolute Gasteiger partial charge is 0.744 e. The van der Waals surface area contributed by atoms with Crippen LogP contribution in [0.15, 0.2) is 35.7 Å². The minimum atomic E-state index is -4.31. The van der Waals surface area contributed by atoms with Gasteiger partial charge in [-0.2, -0.15) is 0 Å². The Morgan fingerprint density at radius 3 is 1.87 bits per heavy atom. The Bertz CT molecular complexity index is 382. The Kier molecular flexibility index (Phi) is 9.29. The van der Waals surface area contributed by atoms with E-state index in [1.165, 1.54) is 24.3 Å². The Morgan fingerprint density at radius 1 is 1.20 bits per heavy atom. The molecule has 5 heteroatoms. The molecule has 0 aliphatic heterocycles. The molecule has 1 aromatic rings. The second-order valence-corrected chi connectivity index (χ2v) is 3.61. The first-order valence-electron chi connectivity index (χ1n) is 4.22. The minimum absolute atomic E-state index is 0. The largest absolute Gasteiger partial charge is 1.00 e. The molecule has 0 amide bonds. The zero-order chi connectivity index (χ0) is 11.2. The molecule has 78 valence electrons. The quantitative estimate of drug-likeness (QED) is 0.502. The maximum Gasteiger partial charge on any atom is 1.00 e. The van der Waals surface area contributed by atoms with Gasteiger partial charge in [-0.25, -0.2) is 8.42 Å². The van der Waals surface area contributed by atoms with Crippen molar-refractivity contribution in [3.8, 4) is 0 Å². The van der Waals surface area contributed by atoms with E-state index in [1.807, 2.05) is 13.8 Å². The van der Waals surface area contributed by atoms with E-state index in [9.17, 15) is 13.0 Å². The van der Waals surface area contributed by atoms with Crippen molar-refractivity contribution >= 4 is 16.2 Å². The maximum atomic E-state index is 10.5. The molecular weight excluding hydrogens is 223 g/mol. The minimum Gasteiger partial charge on any atom is -0.744 e. The van der Waals surface area contributed by atoms with Crippen LogP contribution in [0.1, 0.15) is 19.4 Å². The molecule has 0 N–H and O–H groups in total. The van der Waals surface area contributed by atoms with E-state index < -0.39 is 10.1 Å². The topological polar surface area (TPSA) is 57.2 Å². The van der Waals surface area contributed by atoms with Crippen LogP contribution >= 0.6 is 0 Å². The van der Waals surface area contributed by atoms with Crippen LogP contribution in [-0.4, -0.2) is 13.0 Å². The molecule has 0 aliphatic rings. The van der Waals surface area contributed by atoms with Crippen LogP contribution in [-0.2, 0) is 10.1 Å². The maximum absolute atomic E-state index is 10.5. The van der Waals surface area contributed by atoms with E-state index in [-0.39, 0.29) is 34.5 Å². The molecule has 0 fully saturated rings. The van der Waals surface area contributed by atoms with Crippen LogP contribution in [0.4, 0.5) is 0 Å². The number of benzene rings is 1. The van der Waals surface area contributed by atoms with Gasteiger partial charge in [-0.05, 0) is 17.7 Å². The molecule has 0 heterocycles. The predicted octanol–water partition coefficient (Wildman–Crippen LogP) is -0.736. The van der Waals surface area contributed by atoms with Gasteiger partial charge in [0, 0.05) is 0 Å². The summed E-state index contributed by atoms with van der Waals surface area (Å²) in [6.45, 7) is 7.50. The van der Waals surface area contributed by atoms with E-state index in [0.717, 1.165) is 5.56 Å². The van der Waals surface area contributed by atoms with Crippen molar-refractivity contribution in [2.45, 2.75) is 18.7 Å². The van der Waals surface area contributed by atoms with Gasteiger partial charge < -0.3 is 4.55 Å². The fourth-order valence-electron chi connectivity index (χ4n) is 0.771. The van der Waals surface area contributed by atoms with E-state index in [1.54, 1.807) is 6.08 Å². The first-order valence-corrected chi connectivity index (χ1v) is 5.63. The fraction of sp³-hybridized carbons (Fsp3) is 0.200. The van der Waals surface area contributed by atoms with Crippen molar-refractivity contribution in [1.82, 2.24) is 0 Å². The summed E-state index contributed by atoms with van der Waals surface area (Å²) in [6, 6.07) is 5.58. The molecule has 0 unspecified atom stereocenters. The summed E-state index contributed by atoms with van der Waals surface area (Å²) in [5.41, 5.74) is 0.780. The van der Waals surface area contributed by atoms with Crippen molar-refractivity contribution in [3.63, 3.8) is 0 Å². The van der Waals surface area contributed by atoms with E-state index in [2.05, 4.69) is 6.58 Å². The Hall–Kier alpha value is -0.130. The summed E-state index contributed by atoms with van der Waals surface area (Å²) in [4.78, 5) is -0.215. The first kappa shape index (κ1) is 17.3. The Labute approximate surface area is 113 Å². The summed E-state index contributed by atoms with van der Waals surface area (Å²) >= 11 is 0. The zero-order valence-electron chi connectivity index (χ0n) is 9.23. The second kappa shape index (κ2) is 8.07. The van der Waals surface area contributed by atoms with Crippen LogP contribution in [0.2, 0.25) is 0 Å². The van der Waals surface area contributed by atoms with Crippen molar-refractivity contribution < 1.29 is 42.5 Å². The monoisotopic (exact) mass is 236 g/mol. The third kappa shape index (κ3) is 6.12. The van der Waals surface area contributed by atoms with Gasteiger partial charge in [-0.3, -0.25) is 0 Å². The molecule has 0 aliphatic carbocycles. The van der Waals surface area contributed by atoms with Crippen molar-refractivity contribution in [3.05, 3.63) is 36.4 Å². The summed E-state index contributed by atoms with van der Waals surface area (Å²) in [5, 5.41) is 0. The average Bonchev–Trinajstić information content (AvgIpc) is 2.20. The molecule has 0 saturated carbocycles. The summed E-state index contributed by atoms with van der Waals surface area (Å²) < 4.78 is 31.4. The zero-order valence-corrected chi connectivity index (χ0v) is 12.0. The van der Waals surface area contributed by atoms with Gasteiger partial charge in [0.1, 0.15) is 10.1 Å². The predicted molar refractivity (Wildman–Crippen MR) is 55.8 cm³/mol. The fourth-order valence-corrected chi connectivity index (χ4v) is 1.24. The molecule has 1 rings (SSSR count). The van der Waals surface area contributed by atoms with Gasteiger partial charge in [0.15, 0.2) is 0 Å². The number of hydrogen-bond donors (Lipinski definition) is 0. The van der Waals surface area contributed by atoms with Crippen LogP contribution in [0, 0.1) is 0 Å². The molecule has 0 radical (unpaired) electrons. The van der Waals surface area contributed by atoms with E-state index in [4.69, 9.17) is 0 Å².